The van der Waals surface area contributed by atoms with Crippen LogP contribution in [0, 0.1) is 5.82 Å². The Kier molecular flexibility index (Phi) is 6.59. The van der Waals surface area contributed by atoms with Crippen LogP contribution >= 0.6 is 23.1 Å². The molecule has 0 spiro atoms. The number of fused-ring (bicyclic) bond motifs is 1. The van der Waals surface area contributed by atoms with Crippen molar-refractivity contribution in [1.82, 2.24) is 15.8 Å². The molecule has 0 unspecified atom stereocenters. The summed E-state index contributed by atoms with van der Waals surface area (Å²) < 4.78 is 15.8. The lowest BCUT2D eigenvalue weighted by Gasteiger charge is -2.08. The van der Waals surface area contributed by atoms with Crippen LogP contribution in [0.15, 0.2) is 77.1 Å². The number of hydrazine groups is 1. The molecule has 2 amide bonds. The van der Waals surface area contributed by atoms with Gasteiger partial charge in [-0.05, 0) is 41.5 Å². The minimum Gasteiger partial charge on any atom is -0.273 e. The van der Waals surface area contributed by atoms with Crippen molar-refractivity contribution in [3.63, 3.8) is 0 Å². The van der Waals surface area contributed by atoms with Gasteiger partial charge in [-0.3, -0.25) is 20.4 Å². The third-order valence-electron chi connectivity index (χ3n) is 4.48. The van der Waals surface area contributed by atoms with Gasteiger partial charge in [0.25, 0.3) is 5.91 Å². The molecular weight excluding hydrogens is 433 g/mol. The summed E-state index contributed by atoms with van der Waals surface area (Å²) in [7, 11) is 0. The molecule has 0 atom stereocenters. The Bertz CT molecular complexity index is 1190. The number of nitrogens with zero attached hydrogens (tertiary/aromatic N) is 1. The Hall–Kier alpha value is -3.23. The molecule has 0 aliphatic heterocycles. The minimum absolute atomic E-state index is 0.158. The number of rotatable bonds is 6. The second-order valence-corrected chi connectivity index (χ2v) is 8.96. The van der Waals surface area contributed by atoms with E-state index in [-0.39, 0.29) is 12.0 Å². The summed E-state index contributed by atoms with van der Waals surface area (Å²) in [6, 6.07) is 21.2. The Morgan fingerprint density at radius 2 is 1.68 bits per heavy atom. The van der Waals surface area contributed by atoms with Gasteiger partial charge in [-0.25, -0.2) is 9.37 Å². The number of thiazole rings is 1. The molecule has 156 valence electrons. The first-order valence-corrected chi connectivity index (χ1v) is 11.3. The number of para-hydroxylation sites is 1. The Labute approximate surface area is 186 Å². The highest BCUT2D eigenvalue weighted by Gasteiger charge is 2.10. The fourth-order valence-electron chi connectivity index (χ4n) is 2.87. The predicted molar refractivity (Wildman–Crippen MR) is 121 cm³/mol. The van der Waals surface area contributed by atoms with Crippen LogP contribution < -0.4 is 10.9 Å². The molecule has 4 aromatic rings. The summed E-state index contributed by atoms with van der Waals surface area (Å²) in [5.41, 5.74) is 7.41. The van der Waals surface area contributed by atoms with E-state index in [1.807, 2.05) is 30.3 Å². The Morgan fingerprint density at radius 1 is 0.935 bits per heavy atom. The molecule has 0 aliphatic carbocycles. The van der Waals surface area contributed by atoms with Crippen LogP contribution in [0.4, 0.5) is 4.39 Å². The number of hydrogen-bond donors (Lipinski definition) is 2. The van der Waals surface area contributed by atoms with Gasteiger partial charge in [0.05, 0.1) is 16.6 Å². The first kappa shape index (κ1) is 21.0. The molecule has 0 radical (unpaired) electrons. The first-order valence-electron chi connectivity index (χ1n) is 9.48. The number of amides is 2. The summed E-state index contributed by atoms with van der Waals surface area (Å²) in [5, 5.41) is 0. The van der Waals surface area contributed by atoms with Gasteiger partial charge in [0.1, 0.15) is 5.82 Å². The minimum atomic E-state index is -0.498. The quantitative estimate of drug-likeness (QED) is 0.328. The monoisotopic (exact) mass is 451 g/mol. The zero-order chi connectivity index (χ0) is 21.6. The SMILES string of the molecule is O=C(Cc1ccccc1F)NNC(=O)c1ccc(CSc2nc3ccccc3s2)cc1. The molecule has 0 saturated carbocycles. The van der Waals surface area contributed by atoms with E-state index in [4.69, 9.17) is 0 Å². The number of halogens is 1. The van der Waals surface area contributed by atoms with Crippen LogP contribution in [-0.2, 0) is 17.0 Å². The summed E-state index contributed by atoms with van der Waals surface area (Å²) in [4.78, 5) is 28.8. The summed E-state index contributed by atoms with van der Waals surface area (Å²) in [6.07, 6.45) is -0.158. The zero-order valence-electron chi connectivity index (χ0n) is 16.3. The predicted octanol–water partition coefficient (Wildman–Crippen LogP) is 4.73. The topological polar surface area (TPSA) is 71.1 Å². The third-order valence-corrected chi connectivity index (χ3v) is 6.73. The van der Waals surface area contributed by atoms with E-state index in [1.165, 1.54) is 12.1 Å². The van der Waals surface area contributed by atoms with Gasteiger partial charge in [-0.1, -0.05) is 54.2 Å². The van der Waals surface area contributed by atoms with E-state index < -0.39 is 17.6 Å². The van der Waals surface area contributed by atoms with Gasteiger partial charge >= 0.3 is 0 Å². The standard InChI is InChI=1S/C23H18FN3O2S2/c24-18-6-2-1-5-17(18)13-21(28)26-27-22(29)16-11-9-15(10-12-16)14-30-23-25-19-7-3-4-8-20(19)31-23/h1-12H,13-14H2,(H,26,28)(H,27,29). The molecule has 2 N–H and O–H groups in total. The smallest absolute Gasteiger partial charge is 0.269 e. The number of carbonyl (C=O) groups excluding carboxylic acids is 2. The van der Waals surface area contributed by atoms with E-state index >= 15 is 0 Å². The van der Waals surface area contributed by atoms with Crippen molar-refractivity contribution in [2.24, 2.45) is 0 Å². The average Bonchev–Trinajstić information content (AvgIpc) is 3.21. The van der Waals surface area contributed by atoms with Gasteiger partial charge < -0.3 is 0 Å². The van der Waals surface area contributed by atoms with Gasteiger partial charge in [0, 0.05) is 11.3 Å². The zero-order valence-corrected chi connectivity index (χ0v) is 17.9. The van der Waals surface area contributed by atoms with Crippen molar-refractivity contribution in [2.45, 2.75) is 16.5 Å². The maximum absolute atomic E-state index is 13.6. The second-order valence-electron chi connectivity index (χ2n) is 6.70. The highest BCUT2D eigenvalue weighted by atomic mass is 32.2. The number of carbonyl (C=O) groups is 2. The van der Waals surface area contributed by atoms with E-state index in [0.717, 1.165) is 25.9 Å². The van der Waals surface area contributed by atoms with E-state index in [9.17, 15) is 14.0 Å². The first-order chi connectivity index (χ1) is 15.1. The van der Waals surface area contributed by atoms with E-state index in [2.05, 4.69) is 21.9 Å². The van der Waals surface area contributed by atoms with Crippen molar-refractivity contribution in [1.29, 1.82) is 0 Å². The van der Waals surface area contributed by atoms with Crippen LogP contribution in [0.3, 0.4) is 0 Å². The molecule has 4 rings (SSSR count). The fraction of sp³-hybridized carbons (Fsp3) is 0.0870. The summed E-state index contributed by atoms with van der Waals surface area (Å²) >= 11 is 3.31. The molecular formula is C23H18FN3O2S2. The lowest BCUT2D eigenvalue weighted by atomic mass is 10.1. The van der Waals surface area contributed by atoms with Crippen molar-refractivity contribution in [2.75, 3.05) is 0 Å². The van der Waals surface area contributed by atoms with Crippen molar-refractivity contribution >= 4 is 45.1 Å². The Balaban J connectivity index is 1.27. The molecule has 0 fully saturated rings. The maximum Gasteiger partial charge on any atom is 0.269 e. The third kappa shape index (κ3) is 5.48. The molecule has 1 aromatic heterocycles. The summed E-state index contributed by atoms with van der Waals surface area (Å²) in [5.74, 6) is -0.654. The average molecular weight is 452 g/mol. The number of hydrogen-bond acceptors (Lipinski definition) is 5. The van der Waals surface area contributed by atoms with E-state index in [0.29, 0.717) is 5.56 Å². The van der Waals surface area contributed by atoms with Crippen LogP contribution in [0.25, 0.3) is 10.2 Å². The number of aromatic nitrogens is 1. The van der Waals surface area contributed by atoms with Crippen LogP contribution in [0.1, 0.15) is 21.5 Å². The molecule has 5 nitrogen and oxygen atoms in total. The van der Waals surface area contributed by atoms with Gasteiger partial charge in [0.15, 0.2) is 4.34 Å². The van der Waals surface area contributed by atoms with Gasteiger partial charge in [0.2, 0.25) is 5.91 Å². The molecule has 31 heavy (non-hydrogen) atoms. The maximum atomic E-state index is 13.6. The van der Waals surface area contributed by atoms with Crippen molar-refractivity contribution in [3.05, 3.63) is 95.3 Å². The van der Waals surface area contributed by atoms with Crippen LogP contribution in [-0.4, -0.2) is 16.8 Å². The largest absolute Gasteiger partial charge is 0.273 e. The van der Waals surface area contributed by atoms with Crippen molar-refractivity contribution in [3.8, 4) is 0 Å². The Morgan fingerprint density at radius 3 is 2.45 bits per heavy atom. The van der Waals surface area contributed by atoms with Gasteiger partial charge in [-0.2, -0.15) is 0 Å². The molecule has 0 saturated heterocycles. The van der Waals surface area contributed by atoms with Crippen molar-refractivity contribution < 1.29 is 14.0 Å². The fourth-order valence-corrected chi connectivity index (χ4v) is 4.89. The van der Waals surface area contributed by atoms with E-state index in [1.54, 1.807) is 47.4 Å². The highest BCUT2D eigenvalue weighted by Crippen LogP contribution is 2.31. The number of nitrogens with one attached hydrogen (secondary N) is 2. The lowest BCUT2D eigenvalue weighted by molar-refractivity contribution is -0.121. The molecule has 3 aromatic carbocycles. The van der Waals surface area contributed by atoms with Crippen LogP contribution in [0.2, 0.25) is 0 Å². The molecule has 1 heterocycles. The van der Waals surface area contributed by atoms with Crippen LogP contribution in [0.5, 0.6) is 0 Å². The normalized spacial score (nSPS) is 10.7. The second kappa shape index (κ2) is 9.72. The molecule has 0 aliphatic rings. The highest BCUT2D eigenvalue weighted by molar-refractivity contribution is 8.00. The van der Waals surface area contributed by atoms with Gasteiger partial charge in [-0.15, -0.1) is 11.3 Å². The lowest BCUT2D eigenvalue weighted by Crippen LogP contribution is -2.42. The number of thioether (sulfide) groups is 1. The number of benzene rings is 3. The molecule has 0 bridgehead atoms. The summed E-state index contributed by atoms with van der Waals surface area (Å²) in [6.45, 7) is 0. The molecule has 8 heteroatoms.